The Labute approximate surface area is 197 Å². The molecule has 172 valence electrons. The predicted octanol–water partition coefficient (Wildman–Crippen LogP) is 4.19. The van der Waals surface area contributed by atoms with Gasteiger partial charge in [-0.2, -0.15) is 0 Å². The highest BCUT2D eigenvalue weighted by atomic mass is 32.1. The summed E-state index contributed by atoms with van der Waals surface area (Å²) in [7, 11) is 1.61. The van der Waals surface area contributed by atoms with Crippen molar-refractivity contribution in [1.82, 2.24) is 9.88 Å². The fraction of sp³-hybridized carbons (Fsp3) is 0.385. The lowest BCUT2D eigenvalue weighted by molar-refractivity contribution is -0.146. The van der Waals surface area contributed by atoms with Gasteiger partial charge in [-0.3, -0.25) is 14.7 Å². The van der Waals surface area contributed by atoms with E-state index < -0.39 is 18.0 Å². The van der Waals surface area contributed by atoms with Crippen LogP contribution in [0, 0.1) is 23.7 Å². The third-order valence-electron chi connectivity index (χ3n) is 6.35. The van der Waals surface area contributed by atoms with Gasteiger partial charge in [0, 0.05) is 18.1 Å². The molecule has 1 aliphatic rings. The molecule has 0 saturated carbocycles. The molecule has 1 aromatic carbocycles. The quantitative estimate of drug-likeness (QED) is 0.510. The second-order valence-electron chi connectivity index (χ2n) is 8.38. The van der Waals surface area contributed by atoms with Crippen LogP contribution in [-0.4, -0.2) is 52.8 Å². The molecule has 1 unspecified atom stereocenters. The van der Waals surface area contributed by atoms with Gasteiger partial charge in [-0.05, 0) is 73.0 Å². The van der Waals surface area contributed by atoms with E-state index in [1.807, 2.05) is 41.8 Å². The van der Waals surface area contributed by atoms with Crippen molar-refractivity contribution in [3.63, 3.8) is 0 Å². The van der Waals surface area contributed by atoms with E-state index in [0.717, 1.165) is 34.3 Å². The van der Waals surface area contributed by atoms with Crippen LogP contribution in [-0.2, 0) is 4.79 Å². The van der Waals surface area contributed by atoms with E-state index >= 15 is 0 Å². The van der Waals surface area contributed by atoms with Gasteiger partial charge in [-0.25, -0.2) is 0 Å². The molecule has 6 nitrogen and oxygen atoms in total. The molecule has 1 fully saturated rings. The Morgan fingerprint density at radius 2 is 2.24 bits per heavy atom. The summed E-state index contributed by atoms with van der Waals surface area (Å²) in [5.41, 5.74) is 1.60. The SMILES string of the molecule is COc1ccc2nccc(C(O)CC[C@@H]3CCN(CC#Cc4cccs4)C[C@@H]3C(=O)O)c2c1. The number of rotatable bonds is 7. The molecule has 0 spiro atoms. The Morgan fingerprint density at radius 1 is 1.36 bits per heavy atom. The van der Waals surface area contributed by atoms with E-state index in [-0.39, 0.29) is 5.92 Å². The van der Waals surface area contributed by atoms with Crippen LogP contribution in [0.1, 0.15) is 35.8 Å². The lowest BCUT2D eigenvalue weighted by Gasteiger charge is -2.36. The van der Waals surface area contributed by atoms with Crippen LogP contribution in [0.5, 0.6) is 5.75 Å². The van der Waals surface area contributed by atoms with Crippen molar-refractivity contribution in [3.8, 4) is 17.6 Å². The van der Waals surface area contributed by atoms with Gasteiger partial charge in [0.1, 0.15) is 5.75 Å². The first-order valence-corrected chi connectivity index (χ1v) is 12.0. The minimum atomic E-state index is -0.774. The fourth-order valence-electron chi connectivity index (χ4n) is 4.52. The molecule has 2 N–H and O–H groups in total. The number of methoxy groups -OCH3 is 1. The molecule has 2 aromatic heterocycles. The molecule has 3 aromatic rings. The second-order valence-corrected chi connectivity index (χ2v) is 9.33. The van der Waals surface area contributed by atoms with Crippen LogP contribution in [0.3, 0.4) is 0 Å². The molecule has 3 heterocycles. The van der Waals surface area contributed by atoms with Crippen molar-refractivity contribution < 1.29 is 19.7 Å². The number of aliphatic hydroxyl groups excluding tert-OH is 1. The van der Waals surface area contributed by atoms with Crippen LogP contribution < -0.4 is 4.74 Å². The molecule has 0 bridgehead atoms. The number of pyridine rings is 1. The van der Waals surface area contributed by atoms with Crippen molar-refractivity contribution in [2.75, 3.05) is 26.7 Å². The topological polar surface area (TPSA) is 82.9 Å². The van der Waals surface area contributed by atoms with Gasteiger partial charge in [-0.1, -0.05) is 17.9 Å². The Balaban J connectivity index is 1.38. The lowest BCUT2D eigenvalue weighted by Crippen LogP contribution is -2.44. The summed E-state index contributed by atoms with van der Waals surface area (Å²) in [6.07, 6.45) is 2.95. The Bertz CT molecular complexity index is 1150. The Morgan fingerprint density at radius 3 is 3.00 bits per heavy atom. The summed E-state index contributed by atoms with van der Waals surface area (Å²) in [5, 5.41) is 23.6. The average Bonchev–Trinajstić information content (AvgIpc) is 3.35. The van der Waals surface area contributed by atoms with E-state index in [9.17, 15) is 15.0 Å². The molecular weight excluding hydrogens is 436 g/mol. The Kier molecular flexibility index (Phi) is 7.61. The molecule has 1 saturated heterocycles. The number of likely N-dealkylation sites (tertiary alicyclic amines) is 1. The highest BCUT2D eigenvalue weighted by Gasteiger charge is 2.34. The maximum atomic E-state index is 12.0. The molecule has 7 heteroatoms. The molecule has 1 aliphatic heterocycles. The van der Waals surface area contributed by atoms with Gasteiger partial charge < -0.3 is 14.9 Å². The number of carbonyl (C=O) groups is 1. The molecule has 3 atom stereocenters. The summed E-state index contributed by atoms with van der Waals surface area (Å²) in [5.74, 6) is 5.82. The number of aliphatic carboxylic acids is 1. The number of hydrogen-bond acceptors (Lipinski definition) is 6. The normalized spacial score (nSPS) is 19.6. The monoisotopic (exact) mass is 464 g/mol. The van der Waals surface area contributed by atoms with Gasteiger partial charge in [0.2, 0.25) is 0 Å². The summed E-state index contributed by atoms with van der Waals surface area (Å²) >= 11 is 1.60. The minimum absolute atomic E-state index is 0.0290. The van der Waals surface area contributed by atoms with Crippen molar-refractivity contribution in [2.24, 2.45) is 11.8 Å². The van der Waals surface area contributed by atoms with E-state index in [0.29, 0.717) is 31.7 Å². The van der Waals surface area contributed by atoms with Gasteiger partial charge in [0.15, 0.2) is 0 Å². The average molecular weight is 465 g/mol. The number of hydrogen-bond donors (Lipinski definition) is 2. The number of carboxylic acids is 1. The highest BCUT2D eigenvalue weighted by molar-refractivity contribution is 7.10. The Hall–Kier alpha value is -2.92. The van der Waals surface area contributed by atoms with Gasteiger partial charge in [0.25, 0.3) is 0 Å². The highest BCUT2D eigenvalue weighted by Crippen LogP contribution is 2.33. The van der Waals surface area contributed by atoms with Crippen molar-refractivity contribution in [2.45, 2.75) is 25.4 Å². The molecule has 4 rings (SSSR count). The molecule has 33 heavy (non-hydrogen) atoms. The van der Waals surface area contributed by atoms with E-state index in [2.05, 4.69) is 21.7 Å². The number of piperidine rings is 1. The standard InChI is InChI=1S/C26H28N2O4S/c1-32-19-7-8-24-22(16-19)21(10-12-27-24)25(29)9-6-18-11-14-28(17-23(18)26(30)31)13-2-4-20-5-3-15-33-20/h3,5,7-8,10,12,15-16,18,23,25,29H,6,9,11,13-14,17H2,1H3,(H,30,31)/t18-,23+,25?/m1/s1. The first-order valence-electron chi connectivity index (χ1n) is 11.1. The number of benzene rings is 1. The number of thiophene rings is 1. The van der Waals surface area contributed by atoms with Crippen LogP contribution in [0.4, 0.5) is 0 Å². The molecule has 0 radical (unpaired) electrons. The number of carboxylic acid groups (broad SMARTS) is 1. The number of nitrogens with zero attached hydrogens (tertiary/aromatic N) is 2. The van der Waals surface area contributed by atoms with Gasteiger partial charge in [-0.15, -0.1) is 11.3 Å². The third kappa shape index (κ3) is 5.72. The zero-order valence-corrected chi connectivity index (χ0v) is 19.4. The van der Waals surface area contributed by atoms with Crippen molar-refractivity contribution >= 4 is 28.2 Å². The summed E-state index contributed by atoms with van der Waals surface area (Å²) in [4.78, 5) is 19.5. The second kappa shape index (κ2) is 10.8. The first kappa shape index (κ1) is 23.2. The minimum Gasteiger partial charge on any atom is -0.497 e. The number of fused-ring (bicyclic) bond motifs is 1. The van der Waals surface area contributed by atoms with Crippen LogP contribution >= 0.6 is 11.3 Å². The van der Waals surface area contributed by atoms with E-state index in [1.165, 1.54) is 0 Å². The first-order chi connectivity index (χ1) is 16.0. The maximum absolute atomic E-state index is 12.0. The maximum Gasteiger partial charge on any atom is 0.308 e. The molecule has 0 amide bonds. The van der Waals surface area contributed by atoms with Crippen molar-refractivity contribution in [1.29, 1.82) is 0 Å². The summed E-state index contributed by atoms with van der Waals surface area (Å²) in [6.45, 7) is 1.88. The van der Waals surface area contributed by atoms with E-state index in [4.69, 9.17) is 4.74 Å². The largest absolute Gasteiger partial charge is 0.497 e. The zero-order chi connectivity index (χ0) is 23.2. The van der Waals surface area contributed by atoms with Crippen LogP contribution in [0.15, 0.2) is 48.0 Å². The molecular formula is C26H28N2O4S. The third-order valence-corrected chi connectivity index (χ3v) is 7.13. The predicted molar refractivity (Wildman–Crippen MR) is 129 cm³/mol. The summed E-state index contributed by atoms with van der Waals surface area (Å²) in [6, 6.07) is 11.4. The van der Waals surface area contributed by atoms with Crippen LogP contribution in [0.25, 0.3) is 10.9 Å². The molecule has 0 aliphatic carbocycles. The fourth-order valence-corrected chi connectivity index (χ4v) is 5.11. The lowest BCUT2D eigenvalue weighted by atomic mass is 9.81. The van der Waals surface area contributed by atoms with Gasteiger partial charge in [0.05, 0.1) is 36.1 Å². The van der Waals surface area contributed by atoms with E-state index in [1.54, 1.807) is 24.6 Å². The zero-order valence-electron chi connectivity index (χ0n) is 18.6. The van der Waals surface area contributed by atoms with Crippen molar-refractivity contribution in [3.05, 3.63) is 58.4 Å². The number of ether oxygens (including phenoxy) is 1. The smallest absolute Gasteiger partial charge is 0.308 e. The summed E-state index contributed by atoms with van der Waals surface area (Å²) < 4.78 is 5.32. The number of aromatic nitrogens is 1. The van der Waals surface area contributed by atoms with Gasteiger partial charge >= 0.3 is 5.97 Å². The number of aliphatic hydroxyl groups is 1. The van der Waals surface area contributed by atoms with Crippen LogP contribution in [0.2, 0.25) is 0 Å².